The van der Waals surface area contributed by atoms with E-state index in [-0.39, 0.29) is 0 Å². The van der Waals surface area contributed by atoms with E-state index in [2.05, 4.69) is 0 Å². The molecule has 0 aliphatic rings. The molecule has 0 bridgehead atoms. The highest BCUT2D eigenvalue weighted by Gasteiger charge is 1.83. The second kappa shape index (κ2) is 14.8. The molecule has 0 aromatic rings. The normalized spacial score (nSPS) is 11.2. The van der Waals surface area contributed by atoms with Crippen LogP contribution in [0.2, 0.25) is 0 Å². The fraction of sp³-hybridized carbons (Fsp3) is 0.667. The van der Waals surface area contributed by atoms with E-state index in [9.17, 15) is 0 Å². The summed E-state index contributed by atoms with van der Waals surface area (Å²) in [6.07, 6.45) is 5.77. The molecule has 0 saturated carbocycles. The average Bonchev–Trinajstić information content (AvgIpc) is 2.35. The molecule has 0 aliphatic heterocycles. The summed E-state index contributed by atoms with van der Waals surface area (Å²) in [6.45, 7) is 7.47. The van der Waals surface area contributed by atoms with E-state index in [0.29, 0.717) is 39.6 Å². The Balaban J connectivity index is 3.14. The fourth-order valence-corrected chi connectivity index (χ4v) is 0.827. The molecule has 100 valence electrons. The van der Waals surface area contributed by atoms with Crippen molar-refractivity contribution in [3.8, 4) is 0 Å². The fourth-order valence-electron chi connectivity index (χ4n) is 0.827. The lowest BCUT2D eigenvalue weighted by molar-refractivity contribution is 0.0893. The lowest BCUT2D eigenvalue weighted by atomic mass is 10.7. The van der Waals surface area contributed by atoms with Gasteiger partial charge in [0.2, 0.25) is 0 Å². The second-order valence-corrected chi connectivity index (χ2v) is 2.82. The first-order valence-electron chi connectivity index (χ1n) is 5.76. The third-order valence-corrected chi connectivity index (χ3v) is 1.56. The Bertz CT molecular complexity index is 171. The largest absolute Gasteiger partial charge is 0.496 e. The molecule has 0 N–H and O–H groups in total. The van der Waals surface area contributed by atoms with Crippen LogP contribution in [0.1, 0.15) is 13.8 Å². The predicted molar refractivity (Wildman–Crippen MR) is 64.3 cm³/mol. The molecule has 5 heteroatoms. The van der Waals surface area contributed by atoms with Gasteiger partial charge in [-0.25, -0.2) is 0 Å². The third-order valence-electron chi connectivity index (χ3n) is 1.56. The summed E-state index contributed by atoms with van der Waals surface area (Å²) in [5.74, 6) is 0. The molecule has 17 heavy (non-hydrogen) atoms. The maximum atomic E-state index is 5.08. The molecule has 0 fully saturated rings. The van der Waals surface area contributed by atoms with Crippen molar-refractivity contribution in [3.63, 3.8) is 0 Å². The summed E-state index contributed by atoms with van der Waals surface area (Å²) >= 11 is 0. The zero-order valence-electron chi connectivity index (χ0n) is 10.6. The Morgan fingerprint density at radius 3 is 1.53 bits per heavy atom. The Labute approximate surface area is 103 Å². The van der Waals surface area contributed by atoms with Gasteiger partial charge in [0, 0.05) is 13.2 Å². The number of hydrogen-bond acceptors (Lipinski definition) is 5. The van der Waals surface area contributed by atoms with Crippen LogP contribution < -0.4 is 0 Å². The molecule has 0 atom stereocenters. The molecule has 0 unspecified atom stereocenters. The van der Waals surface area contributed by atoms with Gasteiger partial charge in [-0.05, 0) is 13.8 Å². The van der Waals surface area contributed by atoms with Crippen LogP contribution in [-0.2, 0) is 23.7 Å². The molecule has 0 spiro atoms. The van der Waals surface area contributed by atoms with Crippen molar-refractivity contribution in [3.05, 3.63) is 25.0 Å². The van der Waals surface area contributed by atoms with Gasteiger partial charge in [0.1, 0.15) is 38.3 Å². The zero-order valence-corrected chi connectivity index (χ0v) is 10.6. The van der Waals surface area contributed by atoms with Crippen molar-refractivity contribution < 1.29 is 23.7 Å². The molecule has 0 amide bonds. The van der Waals surface area contributed by atoms with Crippen molar-refractivity contribution in [1.29, 1.82) is 0 Å². The third kappa shape index (κ3) is 14.8. The summed E-state index contributed by atoms with van der Waals surface area (Å²) in [7, 11) is 0. The molecule has 0 rings (SSSR count). The highest BCUT2D eigenvalue weighted by atomic mass is 16.5. The topological polar surface area (TPSA) is 46.2 Å². The van der Waals surface area contributed by atoms with Gasteiger partial charge in [-0.3, -0.25) is 0 Å². The van der Waals surface area contributed by atoms with Crippen molar-refractivity contribution in [2.24, 2.45) is 0 Å². The van der Waals surface area contributed by atoms with Crippen molar-refractivity contribution in [2.75, 3.05) is 39.6 Å². The molecular formula is C12H22O5. The molecule has 0 aromatic heterocycles. The standard InChI is InChI=1S/C12H22O5/c1-3-13-5-7-15-9-11-17-12-10-16-8-6-14-4-2/h9-12H,3-8H2,1-2H3. The minimum absolute atomic E-state index is 0.516. The molecule has 0 aromatic carbocycles. The van der Waals surface area contributed by atoms with Crippen molar-refractivity contribution >= 4 is 0 Å². The smallest absolute Gasteiger partial charge is 0.125 e. The van der Waals surface area contributed by atoms with E-state index >= 15 is 0 Å². The first-order valence-corrected chi connectivity index (χ1v) is 5.76. The quantitative estimate of drug-likeness (QED) is 0.389. The lowest BCUT2D eigenvalue weighted by Gasteiger charge is -2.00. The van der Waals surface area contributed by atoms with Gasteiger partial charge in [0.25, 0.3) is 0 Å². The predicted octanol–water partition coefficient (Wildman–Crippen LogP) is 2.05. The van der Waals surface area contributed by atoms with Gasteiger partial charge in [-0.2, -0.15) is 0 Å². The van der Waals surface area contributed by atoms with E-state index in [4.69, 9.17) is 23.7 Å². The van der Waals surface area contributed by atoms with Gasteiger partial charge >= 0.3 is 0 Å². The SMILES string of the molecule is CCOCCOC=COC=COCCOCC. The van der Waals surface area contributed by atoms with E-state index < -0.39 is 0 Å². The Hall–Kier alpha value is -1.20. The zero-order chi connectivity index (χ0) is 12.6. The van der Waals surface area contributed by atoms with E-state index in [1.807, 2.05) is 13.8 Å². The van der Waals surface area contributed by atoms with Crippen LogP contribution in [0.25, 0.3) is 0 Å². The monoisotopic (exact) mass is 246 g/mol. The highest BCUT2D eigenvalue weighted by molar-refractivity contribution is 4.69. The summed E-state index contributed by atoms with van der Waals surface area (Å²) in [5.41, 5.74) is 0. The first-order chi connectivity index (χ1) is 8.41. The molecule has 5 nitrogen and oxygen atoms in total. The molecule has 0 aliphatic carbocycles. The molecule has 0 radical (unpaired) electrons. The first kappa shape index (κ1) is 15.8. The van der Waals surface area contributed by atoms with Crippen LogP contribution in [0.3, 0.4) is 0 Å². The minimum atomic E-state index is 0.516. The Kier molecular flexibility index (Phi) is 13.8. The Morgan fingerprint density at radius 2 is 1.12 bits per heavy atom. The van der Waals surface area contributed by atoms with E-state index in [1.54, 1.807) is 0 Å². The maximum absolute atomic E-state index is 5.08. The molecule has 0 heterocycles. The van der Waals surface area contributed by atoms with Gasteiger partial charge in [0.05, 0.1) is 13.2 Å². The van der Waals surface area contributed by atoms with Crippen LogP contribution in [0.4, 0.5) is 0 Å². The second-order valence-electron chi connectivity index (χ2n) is 2.82. The number of hydrogen-bond donors (Lipinski definition) is 0. The van der Waals surface area contributed by atoms with Gasteiger partial charge in [-0.1, -0.05) is 0 Å². The summed E-state index contributed by atoms with van der Waals surface area (Å²) in [4.78, 5) is 0. The van der Waals surface area contributed by atoms with Crippen LogP contribution in [0.5, 0.6) is 0 Å². The number of rotatable bonds is 12. The minimum Gasteiger partial charge on any atom is -0.496 e. The highest BCUT2D eigenvalue weighted by Crippen LogP contribution is 1.85. The van der Waals surface area contributed by atoms with Gasteiger partial charge in [-0.15, -0.1) is 0 Å². The molecular weight excluding hydrogens is 224 g/mol. The van der Waals surface area contributed by atoms with Gasteiger partial charge in [0.15, 0.2) is 0 Å². The van der Waals surface area contributed by atoms with Crippen LogP contribution in [-0.4, -0.2) is 39.6 Å². The molecule has 0 saturated heterocycles. The summed E-state index contributed by atoms with van der Waals surface area (Å²) in [6, 6.07) is 0. The van der Waals surface area contributed by atoms with Crippen LogP contribution >= 0.6 is 0 Å². The summed E-state index contributed by atoms with van der Waals surface area (Å²) < 4.78 is 25.3. The van der Waals surface area contributed by atoms with E-state index in [0.717, 1.165) is 0 Å². The van der Waals surface area contributed by atoms with Crippen molar-refractivity contribution in [2.45, 2.75) is 13.8 Å². The summed E-state index contributed by atoms with van der Waals surface area (Å²) in [5, 5.41) is 0. The van der Waals surface area contributed by atoms with Gasteiger partial charge < -0.3 is 23.7 Å². The van der Waals surface area contributed by atoms with Crippen LogP contribution in [0.15, 0.2) is 25.0 Å². The van der Waals surface area contributed by atoms with E-state index in [1.165, 1.54) is 25.0 Å². The average molecular weight is 246 g/mol. The van der Waals surface area contributed by atoms with Crippen molar-refractivity contribution in [1.82, 2.24) is 0 Å². The Morgan fingerprint density at radius 1 is 0.647 bits per heavy atom. The number of ether oxygens (including phenoxy) is 5. The van der Waals surface area contributed by atoms with Crippen LogP contribution in [0, 0.1) is 0 Å². The lowest BCUT2D eigenvalue weighted by Crippen LogP contribution is -2.00. The maximum Gasteiger partial charge on any atom is 0.125 e.